The second kappa shape index (κ2) is 8.00. The number of carbonyl (C=O) groups excluding carboxylic acids is 2. The first-order chi connectivity index (χ1) is 9.45. The van der Waals surface area contributed by atoms with Crippen molar-refractivity contribution in [2.45, 2.75) is 48.0 Å². The van der Waals surface area contributed by atoms with Crippen LogP contribution in [0.4, 0.5) is 4.79 Å². The van der Waals surface area contributed by atoms with E-state index in [0.717, 1.165) is 0 Å². The highest BCUT2D eigenvalue weighted by molar-refractivity contribution is 5.96. The summed E-state index contributed by atoms with van der Waals surface area (Å²) in [6.45, 7) is 12.0. The molecule has 0 unspecified atom stereocenters. The number of rotatable bonds is 7. The first kappa shape index (κ1) is 19.4. The van der Waals surface area contributed by atoms with Gasteiger partial charge in [0.2, 0.25) is 5.91 Å². The summed E-state index contributed by atoms with van der Waals surface area (Å²) in [6.07, 6.45) is -0.231. The highest BCUT2D eigenvalue weighted by Gasteiger charge is 2.31. The molecule has 122 valence electrons. The van der Waals surface area contributed by atoms with Crippen LogP contribution in [0.15, 0.2) is 0 Å². The molecule has 0 aliphatic rings. The molecule has 6 nitrogen and oxygen atoms in total. The van der Waals surface area contributed by atoms with Crippen molar-refractivity contribution in [2.24, 2.45) is 17.3 Å². The number of carboxylic acids is 1. The molecule has 3 amide bonds. The molecular weight excluding hydrogens is 272 g/mol. The Bertz CT molecular complexity index is 379. The van der Waals surface area contributed by atoms with E-state index in [9.17, 15) is 14.4 Å². The molecule has 0 aromatic carbocycles. The molecule has 0 radical (unpaired) electrons. The van der Waals surface area contributed by atoms with E-state index < -0.39 is 23.3 Å². The van der Waals surface area contributed by atoms with Crippen molar-refractivity contribution >= 4 is 17.9 Å². The highest BCUT2D eigenvalue weighted by Crippen LogP contribution is 2.20. The number of nitrogens with zero attached hydrogens (tertiary/aromatic N) is 1. The van der Waals surface area contributed by atoms with Gasteiger partial charge in [-0.15, -0.1) is 0 Å². The second-order valence-electron chi connectivity index (χ2n) is 6.91. The van der Waals surface area contributed by atoms with E-state index in [1.165, 1.54) is 13.8 Å². The van der Waals surface area contributed by atoms with E-state index in [-0.39, 0.29) is 6.42 Å². The van der Waals surface area contributed by atoms with Gasteiger partial charge >= 0.3 is 12.0 Å². The molecule has 0 aliphatic heterocycles. The van der Waals surface area contributed by atoms with Gasteiger partial charge in [0.05, 0.1) is 5.41 Å². The van der Waals surface area contributed by atoms with E-state index in [0.29, 0.717) is 24.9 Å². The van der Waals surface area contributed by atoms with Crippen LogP contribution in [-0.4, -0.2) is 41.0 Å². The summed E-state index contributed by atoms with van der Waals surface area (Å²) in [4.78, 5) is 36.5. The van der Waals surface area contributed by atoms with Crippen molar-refractivity contribution in [3.05, 3.63) is 0 Å². The minimum absolute atomic E-state index is 0.231. The van der Waals surface area contributed by atoms with Crippen LogP contribution in [0, 0.1) is 17.3 Å². The number of imide groups is 1. The van der Waals surface area contributed by atoms with Crippen molar-refractivity contribution in [1.82, 2.24) is 10.2 Å². The molecule has 2 N–H and O–H groups in total. The van der Waals surface area contributed by atoms with Crippen LogP contribution < -0.4 is 5.32 Å². The summed E-state index contributed by atoms with van der Waals surface area (Å²) in [5, 5.41) is 11.3. The molecule has 0 aromatic heterocycles. The van der Waals surface area contributed by atoms with Gasteiger partial charge in [-0.05, 0) is 25.7 Å². The number of urea groups is 1. The maximum atomic E-state index is 12.1. The number of nitrogens with one attached hydrogen (secondary N) is 1. The maximum Gasteiger partial charge on any atom is 0.324 e. The Balaban J connectivity index is 4.67. The number of hydrogen-bond donors (Lipinski definition) is 2. The molecule has 0 bridgehead atoms. The fourth-order valence-electron chi connectivity index (χ4n) is 1.84. The third kappa shape index (κ3) is 7.68. The van der Waals surface area contributed by atoms with E-state index >= 15 is 0 Å². The Labute approximate surface area is 126 Å². The van der Waals surface area contributed by atoms with Gasteiger partial charge in [-0.25, -0.2) is 4.79 Å². The molecule has 0 aliphatic carbocycles. The molecule has 0 rings (SSSR count). The topological polar surface area (TPSA) is 86.7 Å². The summed E-state index contributed by atoms with van der Waals surface area (Å²) in [5.41, 5.74) is -1.19. The van der Waals surface area contributed by atoms with Gasteiger partial charge in [-0.3, -0.25) is 14.9 Å². The predicted octanol–water partition coefficient (Wildman–Crippen LogP) is 2.34. The van der Waals surface area contributed by atoms with Crippen LogP contribution >= 0.6 is 0 Å². The van der Waals surface area contributed by atoms with Gasteiger partial charge < -0.3 is 10.0 Å². The van der Waals surface area contributed by atoms with E-state index in [4.69, 9.17) is 5.11 Å². The lowest BCUT2D eigenvalue weighted by Crippen LogP contribution is -2.47. The fourth-order valence-corrected chi connectivity index (χ4v) is 1.84. The molecular formula is C15H28N2O4. The molecule has 0 saturated heterocycles. The lowest BCUT2D eigenvalue weighted by molar-refractivity contribution is -0.149. The van der Waals surface area contributed by atoms with Crippen LogP contribution in [0.1, 0.15) is 48.0 Å². The first-order valence-electron chi connectivity index (χ1n) is 7.28. The smallest absolute Gasteiger partial charge is 0.324 e. The molecule has 21 heavy (non-hydrogen) atoms. The Morgan fingerprint density at radius 2 is 1.48 bits per heavy atom. The van der Waals surface area contributed by atoms with E-state index in [1.807, 2.05) is 27.7 Å². The zero-order valence-electron chi connectivity index (χ0n) is 13.9. The third-order valence-corrected chi connectivity index (χ3v) is 2.89. The summed E-state index contributed by atoms with van der Waals surface area (Å²) in [6, 6.07) is -0.455. The van der Waals surface area contributed by atoms with Crippen molar-refractivity contribution in [1.29, 1.82) is 0 Å². The van der Waals surface area contributed by atoms with Crippen molar-refractivity contribution in [2.75, 3.05) is 13.1 Å². The van der Waals surface area contributed by atoms with Crippen LogP contribution in [0.3, 0.4) is 0 Å². The van der Waals surface area contributed by atoms with E-state index in [2.05, 4.69) is 5.32 Å². The molecule has 0 atom stereocenters. The summed E-state index contributed by atoms with van der Waals surface area (Å²) < 4.78 is 0. The minimum atomic E-state index is -1.19. The normalized spacial score (nSPS) is 11.6. The zero-order valence-corrected chi connectivity index (χ0v) is 13.9. The first-order valence-corrected chi connectivity index (χ1v) is 7.28. The molecule has 0 saturated carbocycles. The number of amides is 3. The van der Waals surface area contributed by atoms with Gasteiger partial charge in [0, 0.05) is 19.5 Å². The van der Waals surface area contributed by atoms with Crippen LogP contribution in [0.5, 0.6) is 0 Å². The van der Waals surface area contributed by atoms with Gasteiger partial charge in [-0.1, -0.05) is 27.7 Å². The Morgan fingerprint density at radius 3 is 1.81 bits per heavy atom. The second-order valence-corrected chi connectivity index (χ2v) is 6.91. The van der Waals surface area contributed by atoms with Crippen LogP contribution in [0.2, 0.25) is 0 Å². The number of hydrogen-bond acceptors (Lipinski definition) is 3. The quantitative estimate of drug-likeness (QED) is 0.755. The SMILES string of the molecule is CC(C)CN(CC(C)C)C(=O)NC(=O)CC(C)(C)C(=O)O. The maximum absolute atomic E-state index is 12.1. The third-order valence-electron chi connectivity index (χ3n) is 2.89. The predicted molar refractivity (Wildman–Crippen MR) is 80.8 cm³/mol. The molecule has 0 fully saturated rings. The molecule has 0 aromatic rings. The van der Waals surface area contributed by atoms with Crippen molar-refractivity contribution in [3.63, 3.8) is 0 Å². The molecule has 0 spiro atoms. The van der Waals surface area contributed by atoms with Crippen molar-refractivity contribution in [3.8, 4) is 0 Å². The van der Waals surface area contributed by atoms with E-state index in [1.54, 1.807) is 4.90 Å². The zero-order chi connectivity index (χ0) is 16.8. The minimum Gasteiger partial charge on any atom is -0.481 e. The highest BCUT2D eigenvalue weighted by atomic mass is 16.4. The van der Waals surface area contributed by atoms with Gasteiger partial charge in [0.1, 0.15) is 0 Å². The van der Waals surface area contributed by atoms with Crippen molar-refractivity contribution < 1.29 is 19.5 Å². The number of aliphatic carboxylic acids is 1. The lowest BCUT2D eigenvalue weighted by atomic mass is 9.89. The van der Waals surface area contributed by atoms with Crippen LogP contribution in [-0.2, 0) is 9.59 Å². The number of carbonyl (C=O) groups is 3. The summed E-state index contributed by atoms with van der Waals surface area (Å²) >= 11 is 0. The average molecular weight is 300 g/mol. The summed E-state index contributed by atoms with van der Waals surface area (Å²) in [7, 11) is 0. The Kier molecular flexibility index (Phi) is 7.39. The fraction of sp³-hybridized carbons (Fsp3) is 0.800. The monoisotopic (exact) mass is 300 g/mol. The van der Waals surface area contributed by atoms with Gasteiger partial charge in [0.15, 0.2) is 0 Å². The molecule has 6 heteroatoms. The molecule has 0 heterocycles. The Hall–Kier alpha value is -1.59. The standard InChI is InChI=1S/C15H28N2O4/c1-10(2)8-17(9-11(3)4)14(21)16-12(18)7-15(5,6)13(19)20/h10-11H,7-9H2,1-6H3,(H,19,20)(H,16,18,21). The summed E-state index contributed by atoms with van der Waals surface area (Å²) in [5.74, 6) is -1.05. The van der Waals surface area contributed by atoms with Crippen LogP contribution in [0.25, 0.3) is 0 Å². The largest absolute Gasteiger partial charge is 0.481 e. The average Bonchev–Trinajstić information content (AvgIpc) is 2.25. The Morgan fingerprint density at radius 1 is 1.05 bits per heavy atom. The van der Waals surface area contributed by atoms with Gasteiger partial charge in [0.25, 0.3) is 0 Å². The van der Waals surface area contributed by atoms with Gasteiger partial charge in [-0.2, -0.15) is 0 Å². The number of carboxylic acid groups (broad SMARTS) is 1. The lowest BCUT2D eigenvalue weighted by Gasteiger charge is -2.27.